The predicted molar refractivity (Wildman–Crippen MR) is 68.0 cm³/mol. The maximum atomic E-state index is 9.81. The van der Waals surface area contributed by atoms with E-state index in [1.54, 1.807) is 0 Å². The quantitative estimate of drug-likeness (QED) is 0.673. The van der Waals surface area contributed by atoms with E-state index >= 15 is 0 Å². The molecule has 1 atom stereocenters. The van der Waals surface area contributed by atoms with Crippen LogP contribution in [0.15, 0.2) is 0 Å². The molecular formula is C14H30O. The van der Waals surface area contributed by atoms with Gasteiger partial charge in [0, 0.05) is 0 Å². The number of unbranched alkanes of at least 4 members (excludes halogenated alkanes) is 1. The lowest BCUT2D eigenvalue weighted by Gasteiger charge is -2.23. The van der Waals surface area contributed by atoms with E-state index in [1.165, 1.54) is 12.8 Å². The maximum Gasteiger partial charge on any atom is 0.0545 e. The van der Waals surface area contributed by atoms with E-state index in [1.807, 2.05) is 0 Å². The molecule has 0 unspecified atom stereocenters. The first-order valence-electron chi connectivity index (χ1n) is 6.28. The zero-order valence-corrected chi connectivity index (χ0v) is 11.6. The van der Waals surface area contributed by atoms with Crippen molar-refractivity contribution in [3.05, 3.63) is 0 Å². The molecule has 1 heteroatoms. The molecule has 0 bridgehead atoms. The SMILES string of the molecule is CC(C)(C)CCCC[C@@H](O)CC(C)(C)C. The Balaban J connectivity index is 3.52. The third-order valence-corrected chi connectivity index (χ3v) is 2.56. The molecule has 0 spiro atoms. The average molecular weight is 214 g/mol. The molecule has 0 heterocycles. The molecule has 0 amide bonds. The van der Waals surface area contributed by atoms with Crippen molar-refractivity contribution in [1.29, 1.82) is 0 Å². The molecule has 0 radical (unpaired) electrons. The van der Waals surface area contributed by atoms with Crippen LogP contribution in [0.3, 0.4) is 0 Å². The summed E-state index contributed by atoms with van der Waals surface area (Å²) in [7, 11) is 0. The van der Waals surface area contributed by atoms with E-state index in [2.05, 4.69) is 41.5 Å². The molecule has 0 aliphatic heterocycles. The minimum Gasteiger partial charge on any atom is -0.393 e. The number of hydrogen-bond donors (Lipinski definition) is 1. The lowest BCUT2D eigenvalue weighted by Crippen LogP contribution is -2.17. The number of hydrogen-bond acceptors (Lipinski definition) is 1. The Hall–Kier alpha value is -0.0400. The van der Waals surface area contributed by atoms with Crippen LogP contribution in [0.5, 0.6) is 0 Å². The van der Waals surface area contributed by atoms with E-state index in [4.69, 9.17) is 0 Å². The topological polar surface area (TPSA) is 20.2 Å². The molecule has 0 rings (SSSR count). The third-order valence-electron chi connectivity index (χ3n) is 2.56. The summed E-state index contributed by atoms with van der Waals surface area (Å²) < 4.78 is 0. The van der Waals surface area contributed by atoms with Gasteiger partial charge in [-0.3, -0.25) is 0 Å². The molecular weight excluding hydrogens is 184 g/mol. The first kappa shape index (κ1) is 15.0. The summed E-state index contributed by atoms with van der Waals surface area (Å²) in [5.74, 6) is 0. The molecule has 0 aromatic carbocycles. The summed E-state index contributed by atoms with van der Waals surface area (Å²) >= 11 is 0. The maximum absolute atomic E-state index is 9.81. The Morgan fingerprint density at radius 1 is 0.867 bits per heavy atom. The normalized spacial score (nSPS) is 15.4. The van der Waals surface area contributed by atoms with Crippen LogP contribution in [0.2, 0.25) is 0 Å². The Morgan fingerprint density at radius 2 is 1.40 bits per heavy atom. The van der Waals surface area contributed by atoms with E-state index < -0.39 is 0 Å². The van der Waals surface area contributed by atoms with E-state index in [9.17, 15) is 5.11 Å². The van der Waals surface area contributed by atoms with Gasteiger partial charge in [0.05, 0.1) is 6.10 Å². The van der Waals surface area contributed by atoms with Gasteiger partial charge in [-0.25, -0.2) is 0 Å². The van der Waals surface area contributed by atoms with Gasteiger partial charge in [0.2, 0.25) is 0 Å². The van der Waals surface area contributed by atoms with Crippen molar-refractivity contribution in [3.63, 3.8) is 0 Å². The second-order valence-electron chi connectivity index (χ2n) is 7.23. The summed E-state index contributed by atoms with van der Waals surface area (Å²) in [6.45, 7) is 13.4. The first-order chi connectivity index (χ1) is 6.60. The van der Waals surface area contributed by atoms with Crippen LogP contribution in [-0.2, 0) is 0 Å². The zero-order chi connectivity index (χ0) is 12.1. The highest BCUT2D eigenvalue weighted by Gasteiger charge is 2.16. The van der Waals surface area contributed by atoms with Crippen molar-refractivity contribution in [2.75, 3.05) is 0 Å². The lowest BCUT2D eigenvalue weighted by atomic mass is 9.86. The van der Waals surface area contributed by atoms with Gasteiger partial charge in [-0.15, -0.1) is 0 Å². The summed E-state index contributed by atoms with van der Waals surface area (Å²) in [5, 5.41) is 9.81. The average Bonchev–Trinajstić information content (AvgIpc) is 1.92. The molecule has 0 aliphatic carbocycles. The predicted octanol–water partition coefficient (Wildman–Crippen LogP) is 4.39. The van der Waals surface area contributed by atoms with Crippen molar-refractivity contribution in [2.24, 2.45) is 10.8 Å². The van der Waals surface area contributed by atoms with Gasteiger partial charge in [0.1, 0.15) is 0 Å². The standard InChI is InChI=1S/C14H30O/c1-13(2,3)10-8-7-9-12(15)11-14(4,5)6/h12,15H,7-11H2,1-6H3/t12-/m1/s1. The van der Waals surface area contributed by atoms with E-state index in [-0.39, 0.29) is 11.5 Å². The summed E-state index contributed by atoms with van der Waals surface area (Å²) in [6.07, 6.45) is 5.44. The van der Waals surface area contributed by atoms with Crippen molar-refractivity contribution in [3.8, 4) is 0 Å². The van der Waals surface area contributed by atoms with Gasteiger partial charge in [0.15, 0.2) is 0 Å². The van der Waals surface area contributed by atoms with Crippen LogP contribution in [-0.4, -0.2) is 11.2 Å². The molecule has 0 saturated carbocycles. The summed E-state index contributed by atoms with van der Waals surface area (Å²) in [6, 6.07) is 0. The molecule has 92 valence electrons. The fourth-order valence-electron chi connectivity index (χ4n) is 1.84. The molecule has 0 aromatic heterocycles. The summed E-state index contributed by atoms with van der Waals surface area (Å²) in [4.78, 5) is 0. The van der Waals surface area contributed by atoms with Crippen molar-refractivity contribution < 1.29 is 5.11 Å². The highest BCUT2D eigenvalue weighted by atomic mass is 16.3. The number of aliphatic hydroxyl groups is 1. The van der Waals surface area contributed by atoms with Crippen LogP contribution >= 0.6 is 0 Å². The second-order valence-corrected chi connectivity index (χ2v) is 7.23. The van der Waals surface area contributed by atoms with Gasteiger partial charge in [-0.2, -0.15) is 0 Å². The van der Waals surface area contributed by atoms with Crippen molar-refractivity contribution in [2.45, 2.75) is 79.8 Å². The van der Waals surface area contributed by atoms with Gasteiger partial charge >= 0.3 is 0 Å². The Labute approximate surface area is 96.3 Å². The largest absolute Gasteiger partial charge is 0.393 e. The minimum atomic E-state index is -0.107. The molecule has 1 N–H and O–H groups in total. The highest BCUT2D eigenvalue weighted by Crippen LogP contribution is 2.25. The Bertz CT molecular complexity index is 159. The number of aliphatic hydroxyl groups excluding tert-OH is 1. The van der Waals surface area contributed by atoms with E-state index in [0.29, 0.717) is 5.41 Å². The van der Waals surface area contributed by atoms with Gasteiger partial charge in [-0.05, 0) is 30.1 Å². The molecule has 0 aromatic rings. The van der Waals surface area contributed by atoms with Crippen LogP contribution in [0.4, 0.5) is 0 Å². The Kier molecular flexibility index (Phi) is 5.87. The van der Waals surface area contributed by atoms with Crippen molar-refractivity contribution in [1.82, 2.24) is 0 Å². The van der Waals surface area contributed by atoms with Gasteiger partial charge in [0.25, 0.3) is 0 Å². The third kappa shape index (κ3) is 11.9. The Morgan fingerprint density at radius 3 is 1.80 bits per heavy atom. The fraction of sp³-hybridized carbons (Fsp3) is 1.00. The highest BCUT2D eigenvalue weighted by molar-refractivity contribution is 4.69. The molecule has 0 saturated heterocycles. The van der Waals surface area contributed by atoms with Gasteiger partial charge < -0.3 is 5.11 Å². The fourth-order valence-corrected chi connectivity index (χ4v) is 1.84. The van der Waals surface area contributed by atoms with Crippen molar-refractivity contribution >= 4 is 0 Å². The first-order valence-corrected chi connectivity index (χ1v) is 6.28. The smallest absolute Gasteiger partial charge is 0.0545 e. The van der Waals surface area contributed by atoms with E-state index in [0.717, 1.165) is 19.3 Å². The van der Waals surface area contributed by atoms with Crippen LogP contribution in [0.25, 0.3) is 0 Å². The minimum absolute atomic E-state index is 0.107. The number of rotatable bonds is 5. The molecule has 0 aliphatic rings. The molecule has 0 fully saturated rings. The monoisotopic (exact) mass is 214 g/mol. The summed E-state index contributed by atoms with van der Waals surface area (Å²) in [5.41, 5.74) is 0.693. The lowest BCUT2D eigenvalue weighted by molar-refractivity contribution is 0.109. The zero-order valence-electron chi connectivity index (χ0n) is 11.6. The van der Waals surface area contributed by atoms with Crippen LogP contribution in [0.1, 0.15) is 73.6 Å². The molecule has 1 nitrogen and oxygen atoms in total. The molecule has 15 heavy (non-hydrogen) atoms. The van der Waals surface area contributed by atoms with Gasteiger partial charge in [-0.1, -0.05) is 54.4 Å². The second kappa shape index (κ2) is 5.89. The van der Waals surface area contributed by atoms with Crippen LogP contribution < -0.4 is 0 Å². The van der Waals surface area contributed by atoms with Crippen LogP contribution in [0, 0.1) is 10.8 Å².